The van der Waals surface area contributed by atoms with Crippen molar-refractivity contribution in [1.29, 1.82) is 0 Å². The van der Waals surface area contributed by atoms with Crippen LogP contribution in [0.25, 0.3) is 0 Å². The molecule has 0 amide bonds. The largest absolute Gasteiger partial charge is 0.351 e. The molecule has 0 spiro atoms. The quantitative estimate of drug-likeness (QED) is 0.719. The molecule has 0 aliphatic heterocycles. The van der Waals surface area contributed by atoms with E-state index in [-0.39, 0.29) is 6.01 Å². The molecule has 2 N–H and O–H groups in total. The molecule has 1 aromatic rings. The number of nitrogens with two attached hydrogens (primary N) is 1. The molecule has 0 atom stereocenters. The average molecular weight is 181 g/mol. The van der Waals surface area contributed by atoms with Gasteiger partial charge in [-0.25, -0.2) is 0 Å². The highest BCUT2D eigenvalue weighted by Gasteiger charge is 2.23. The Kier molecular flexibility index (Phi) is 2.20. The Balaban J connectivity index is 2.02. The highest BCUT2D eigenvalue weighted by Crippen LogP contribution is 2.34. The smallest absolute Gasteiger partial charge is 0.318 e. The molecule has 1 fully saturated rings. The van der Waals surface area contributed by atoms with E-state index in [0.29, 0.717) is 5.92 Å². The fourth-order valence-electron chi connectivity index (χ4n) is 1.93. The Morgan fingerprint density at radius 3 is 2.54 bits per heavy atom. The topological polar surface area (TPSA) is 64.9 Å². The molecule has 1 saturated carbocycles. The molecule has 1 aliphatic carbocycles. The van der Waals surface area contributed by atoms with E-state index in [1.807, 2.05) is 0 Å². The fraction of sp³-hybridized carbons (Fsp3) is 0.778. The average Bonchev–Trinajstić information content (AvgIpc) is 2.53. The molecule has 72 valence electrons. The van der Waals surface area contributed by atoms with Crippen LogP contribution in [-0.2, 0) is 0 Å². The van der Waals surface area contributed by atoms with Gasteiger partial charge in [0.25, 0.3) is 0 Å². The van der Waals surface area contributed by atoms with Gasteiger partial charge in [0.1, 0.15) is 0 Å². The van der Waals surface area contributed by atoms with Crippen molar-refractivity contribution in [3.63, 3.8) is 0 Å². The summed E-state index contributed by atoms with van der Waals surface area (Å²) in [4.78, 5) is 4.06. The van der Waals surface area contributed by atoms with Gasteiger partial charge < -0.3 is 10.3 Å². The maximum atomic E-state index is 5.37. The second-order valence-electron chi connectivity index (χ2n) is 3.95. The Labute approximate surface area is 77.5 Å². The molecule has 2 rings (SSSR count). The number of hydrogen-bond acceptors (Lipinski definition) is 4. The molecule has 4 nitrogen and oxygen atoms in total. The summed E-state index contributed by atoms with van der Waals surface area (Å²) in [6.45, 7) is 2.29. The molecule has 0 saturated heterocycles. The van der Waals surface area contributed by atoms with Crippen LogP contribution in [0.15, 0.2) is 4.52 Å². The number of nitrogen functional groups attached to an aromatic ring is 1. The third-order valence-electron chi connectivity index (χ3n) is 2.84. The Hall–Kier alpha value is -1.06. The van der Waals surface area contributed by atoms with Gasteiger partial charge in [-0.05, 0) is 18.8 Å². The summed E-state index contributed by atoms with van der Waals surface area (Å²) < 4.78 is 4.76. The minimum Gasteiger partial charge on any atom is -0.351 e. The van der Waals surface area contributed by atoms with Crippen LogP contribution in [0.2, 0.25) is 0 Å². The van der Waals surface area contributed by atoms with Crippen molar-refractivity contribution < 1.29 is 4.52 Å². The maximum Gasteiger partial charge on any atom is 0.318 e. The van der Waals surface area contributed by atoms with Crippen molar-refractivity contribution in [2.45, 2.75) is 38.5 Å². The Morgan fingerprint density at radius 1 is 1.31 bits per heavy atom. The van der Waals surface area contributed by atoms with E-state index in [1.54, 1.807) is 0 Å². The minimum atomic E-state index is 0.189. The summed E-state index contributed by atoms with van der Waals surface area (Å²) in [6.07, 6.45) is 4.86. The van der Waals surface area contributed by atoms with Crippen LogP contribution in [0.4, 0.5) is 6.01 Å². The van der Waals surface area contributed by atoms with Gasteiger partial charge in [-0.3, -0.25) is 0 Å². The zero-order valence-electron chi connectivity index (χ0n) is 7.86. The van der Waals surface area contributed by atoms with Crippen LogP contribution in [0.3, 0.4) is 0 Å². The van der Waals surface area contributed by atoms with E-state index >= 15 is 0 Å². The first-order chi connectivity index (χ1) is 6.25. The van der Waals surface area contributed by atoms with Crippen LogP contribution < -0.4 is 5.73 Å². The molecule has 1 aromatic heterocycles. The molecule has 0 bridgehead atoms. The van der Waals surface area contributed by atoms with Crippen LogP contribution in [0, 0.1) is 5.92 Å². The lowest BCUT2D eigenvalue weighted by molar-refractivity contribution is 0.329. The Bertz CT molecular complexity index is 276. The van der Waals surface area contributed by atoms with E-state index in [4.69, 9.17) is 10.3 Å². The van der Waals surface area contributed by atoms with Crippen LogP contribution in [0.1, 0.15) is 44.3 Å². The van der Waals surface area contributed by atoms with Crippen molar-refractivity contribution in [2.75, 3.05) is 5.73 Å². The molecule has 13 heavy (non-hydrogen) atoms. The van der Waals surface area contributed by atoms with Crippen molar-refractivity contribution in [1.82, 2.24) is 10.1 Å². The van der Waals surface area contributed by atoms with Gasteiger partial charge in [0.15, 0.2) is 5.82 Å². The highest BCUT2D eigenvalue weighted by molar-refractivity contribution is 5.10. The van der Waals surface area contributed by atoms with E-state index < -0.39 is 0 Å². The summed E-state index contributed by atoms with van der Waals surface area (Å²) in [5.74, 6) is 2.11. The maximum absolute atomic E-state index is 5.37. The number of rotatable bonds is 1. The summed E-state index contributed by atoms with van der Waals surface area (Å²) in [5.41, 5.74) is 5.37. The predicted molar refractivity (Wildman–Crippen MR) is 49.1 cm³/mol. The third-order valence-corrected chi connectivity index (χ3v) is 2.84. The number of hydrogen-bond donors (Lipinski definition) is 1. The second kappa shape index (κ2) is 3.36. The van der Waals surface area contributed by atoms with E-state index in [2.05, 4.69) is 17.1 Å². The lowest BCUT2D eigenvalue weighted by Crippen LogP contribution is -2.11. The van der Waals surface area contributed by atoms with E-state index in [0.717, 1.165) is 11.7 Å². The lowest BCUT2D eigenvalue weighted by atomic mass is 9.83. The first-order valence-electron chi connectivity index (χ1n) is 4.85. The lowest BCUT2D eigenvalue weighted by Gasteiger charge is -2.23. The predicted octanol–water partition coefficient (Wildman–Crippen LogP) is 1.95. The van der Waals surface area contributed by atoms with Crippen molar-refractivity contribution in [3.05, 3.63) is 5.82 Å². The fourth-order valence-corrected chi connectivity index (χ4v) is 1.93. The van der Waals surface area contributed by atoms with Gasteiger partial charge in [0.05, 0.1) is 0 Å². The normalized spacial score (nSPS) is 29.0. The summed E-state index contributed by atoms with van der Waals surface area (Å²) in [5, 5.41) is 3.85. The molecule has 0 radical (unpaired) electrons. The zero-order chi connectivity index (χ0) is 9.26. The van der Waals surface area contributed by atoms with Crippen molar-refractivity contribution in [3.8, 4) is 0 Å². The molecule has 0 unspecified atom stereocenters. The van der Waals surface area contributed by atoms with Crippen molar-refractivity contribution >= 4 is 6.01 Å². The highest BCUT2D eigenvalue weighted by atomic mass is 16.5. The van der Waals surface area contributed by atoms with Gasteiger partial charge in [-0.15, -0.1) is 0 Å². The van der Waals surface area contributed by atoms with Gasteiger partial charge in [0, 0.05) is 5.92 Å². The first-order valence-corrected chi connectivity index (χ1v) is 4.85. The van der Waals surface area contributed by atoms with Gasteiger partial charge in [-0.2, -0.15) is 4.98 Å². The van der Waals surface area contributed by atoms with Crippen LogP contribution in [0.5, 0.6) is 0 Å². The molecule has 0 aromatic carbocycles. The number of anilines is 1. The second-order valence-corrected chi connectivity index (χ2v) is 3.95. The zero-order valence-corrected chi connectivity index (χ0v) is 7.86. The number of aromatic nitrogens is 2. The third kappa shape index (κ3) is 1.82. The summed E-state index contributed by atoms with van der Waals surface area (Å²) in [7, 11) is 0. The van der Waals surface area contributed by atoms with E-state index in [1.165, 1.54) is 25.7 Å². The van der Waals surface area contributed by atoms with Gasteiger partial charge in [-0.1, -0.05) is 24.9 Å². The summed E-state index contributed by atoms with van der Waals surface area (Å²) >= 11 is 0. The van der Waals surface area contributed by atoms with E-state index in [9.17, 15) is 0 Å². The molecular weight excluding hydrogens is 166 g/mol. The van der Waals surface area contributed by atoms with Crippen molar-refractivity contribution in [2.24, 2.45) is 5.92 Å². The molecule has 1 heterocycles. The Morgan fingerprint density at radius 2 is 2.00 bits per heavy atom. The van der Waals surface area contributed by atoms with Crippen LogP contribution in [-0.4, -0.2) is 10.1 Å². The van der Waals surface area contributed by atoms with Crippen LogP contribution >= 0.6 is 0 Å². The summed E-state index contributed by atoms with van der Waals surface area (Å²) in [6, 6.07) is 0.189. The standard InChI is InChI=1S/C9H15N3O/c1-6-2-4-7(5-3-6)8-11-9(10)13-12-8/h6-7H,2-5H2,1H3,(H2,10,11,12). The van der Waals surface area contributed by atoms with Gasteiger partial charge in [0.2, 0.25) is 0 Å². The molecule has 4 heteroatoms. The molecule has 1 aliphatic rings. The van der Waals surface area contributed by atoms with Gasteiger partial charge >= 0.3 is 6.01 Å². The monoisotopic (exact) mass is 181 g/mol. The number of nitrogens with zero attached hydrogens (tertiary/aromatic N) is 2. The molecular formula is C9H15N3O. The first kappa shape index (κ1) is 8.53. The minimum absolute atomic E-state index is 0.189. The SMILES string of the molecule is CC1CCC(c2noc(N)n2)CC1.